The number of hydrazine groups is 1. The predicted molar refractivity (Wildman–Crippen MR) is 91.9 cm³/mol. The van der Waals surface area contributed by atoms with E-state index in [0.29, 0.717) is 24.1 Å². The highest BCUT2D eigenvalue weighted by atomic mass is 16.6. The second-order valence-corrected chi connectivity index (χ2v) is 6.03. The molecule has 8 heteroatoms. The summed E-state index contributed by atoms with van der Waals surface area (Å²) in [5.41, 5.74) is 6.57. The Bertz CT molecular complexity index is 840. The van der Waals surface area contributed by atoms with Crippen molar-refractivity contribution in [1.82, 2.24) is 10.9 Å². The number of carbonyl (C=O) groups is 2. The lowest BCUT2D eigenvalue weighted by Crippen LogP contribution is -2.39. The van der Waals surface area contributed by atoms with E-state index in [0.717, 1.165) is 5.76 Å². The minimum Gasteiger partial charge on any atom is -0.469 e. The van der Waals surface area contributed by atoms with Crippen molar-refractivity contribution in [3.05, 3.63) is 75.9 Å². The van der Waals surface area contributed by atoms with E-state index in [1.165, 1.54) is 30.3 Å². The topological polar surface area (TPSA) is 114 Å². The number of nitro groups is 1. The molecule has 1 aromatic heterocycles. The van der Waals surface area contributed by atoms with Gasteiger partial charge in [0.1, 0.15) is 5.76 Å². The van der Waals surface area contributed by atoms with E-state index >= 15 is 0 Å². The first-order valence-electron chi connectivity index (χ1n) is 8.06. The Balaban J connectivity index is 1.53. The summed E-state index contributed by atoms with van der Waals surface area (Å²) in [5, 5.41) is 10.6. The van der Waals surface area contributed by atoms with E-state index in [2.05, 4.69) is 10.9 Å². The van der Waals surface area contributed by atoms with Crippen LogP contribution in [0.5, 0.6) is 0 Å². The van der Waals surface area contributed by atoms with Gasteiger partial charge in [0.25, 0.3) is 5.69 Å². The number of hydrogen-bond acceptors (Lipinski definition) is 6. The van der Waals surface area contributed by atoms with E-state index in [1.54, 1.807) is 12.3 Å². The monoisotopic (exact) mass is 355 g/mol. The summed E-state index contributed by atoms with van der Waals surface area (Å²) in [5.74, 6) is 0.330. The van der Waals surface area contributed by atoms with Crippen LogP contribution in [0.4, 0.5) is 5.69 Å². The molecule has 3 rings (SSSR count). The summed E-state index contributed by atoms with van der Waals surface area (Å²) < 4.78 is 5.36. The molecular formula is C18H17N3O5. The molecule has 0 radical (unpaired) electrons. The average molecular weight is 355 g/mol. The number of hydrogen-bond donors (Lipinski definition) is 2. The number of ketones is 1. The van der Waals surface area contributed by atoms with Gasteiger partial charge in [-0.1, -0.05) is 12.1 Å². The summed E-state index contributed by atoms with van der Waals surface area (Å²) in [6.07, 6.45) is 4.03. The number of allylic oxidation sites excluding steroid dienone is 2. The van der Waals surface area contributed by atoms with Crippen LogP contribution < -0.4 is 10.9 Å². The van der Waals surface area contributed by atoms with Crippen LogP contribution in [-0.4, -0.2) is 16.6 Å². The lowest BCUT2D eigenvalue weighted by molar-refractivity contribution is -0.384. The zero-order chi connectivity index (χ0) is 18.5. The maximum Gasteiger partial charge on any atom is 0.269 e. The zero-order valence-electron chi connectivity index (χ0n) is 13.8. The van der Waals surface area contributed by atoms with Gasteiger partial charge in [-0.05, 0) is 24.1 Å². The maximum atomic E-state index is 12.0. The second kappa shape index (κ2) is 7.64. The van der Waals surface area contributed by atoms with E-state index in [1.807, 2.05) is 6.07 Å². The molecule has 1 aliphatic carbocycles. The van der Waals surface area contributed by atoms with Crippen LogP contribution in [-0.2, 0) is 16.0 Å². The molecule has 2 aromatic rings. The van der Waals surface area contributed by atoms with Gasteiger partial charge in [-0.25, -0.2) is 0 Å². The number of nitrogens with zero attached hydrogens (tertiary/aromatic N) is 1. The van der Waals surface area contributed by atoms with Crippen molar-refractivity contribution >= 4 is 17.4 Å². The van der Waals surface area contributed by atoms with Crippen molar-refractivity contribution in [2.24, 2.45) is 0 Å². The third-order valence-corrected chi connectivity index (χ3v) is 4.07. The van der Waals surface area contributed by atoms with E-state index < -0.39 is 4.92 Å². The fourth-order valence-corrected chi connectivity index (χ4v) is 2.82. The molecule has 0 saturated heterocycles. The molecule has 0 bridgehead atoms. The number of carbonyl (C=O) groups excluding carboxylic acids is 2. The molecule has 134 valence electrons. The van der Waals surface area contributed by atoms with Gasteiger partial charge in [-0.2, -0.15) is 0 Å². The van der Waals surface area contributed by atoms with E-state index in [-0.39, 0.29) is 29.7 Å². The fourth-order valence-electron chi connectivity index (χ4n) is 2.82. The van der Waals surface area contributed by atoms with Crippen LogP contribution in [0, 0.1) is 10.1 Å². The normalized spacial score (nSPS) is 16.7. The highest BCUT2D eigenvalue weighted by molar-refractivity contribution is 5.92. The number of furan rings is 1. The Hall–Kier alpha value is -3.42. The molecule has 1 aliphatic rings. The molecule has 1 aromatic carbocycles. The molecule has 1 heterocycles. The largest absolute Gasteiger partial charge is 0.469 e. The van der Waals surface area contributed by atoms with Gasteiger partial charge < -0.3 is 9.84 Å². The minimum absolute atomic E-state index is 0.0258. The molecular weight excluding hydrogens is 338 g/mol. The highest BCUT2D eigenvalue weighted by Gasteiger charge is 2.24. The summed E-state index contributed by atoms with van der Waals surface area (Å²) >= 11 is 0. The van der Waals surface area contributed by atoms with Crippen molar-refractivity contribution in [2.75, 3.05) is 0 Å². The number of amides is 1. The van der Waals surface area contributed by atoms with Crippen LogP contribution in [0.15, 0.2) is 58.9 Å². The van der Waals surface area contributed by atoms with Gasteiger partial charge in [0, 0.05) is 36.2 Å². The summed E-state index contributed by atoms with van der Waals surface area (Å²) in [6, 6.07) is 9.38. The molecule has 0 fully saturated rings. The minimum atomic E-state index is -0.493. The SMILES string of the molecule is O=C1C=C(NNC(=O)Cc2ccc([N+](=O)[O-])cc2)C[C@@H](c2ccco2)C1. The first-order valence-corrected chi connectivity index (χ1v) is 8.06. The Morgan fingerprint density at radius 1 is 1.23 bits per heavy atom. The Kier molecular flexibility index (Phi) is 5.12. The summed E-state index contributed by atoms with van der Waals surface area (Å²) in [6.45, 7) is 0. The van der Waals surface area contributed by atoms with Crippen molar-refractivity contribution in [3.63, 3.8) is 0 Å². The molecule has 26 heavy (non-hydrogen) atoms. The zero-order valence-corrected chi connectivity index (χ0v) is 13.8. The molecule has 2 N–H and O–H groups in total. The van der Waals surface area contributed by atoms with Crippen molar-refractivity contribution in [3.8, 4) is 0 Å². The molecule has 0 spiro atoms. The first kappa shape index (κ1) is 17.4. The van der Waals surface area contributed by atoms with Gasteiger partial charge in [-0.15, -0.1) is 0 Å². The fraction of sp³-hybridized carbons (Fsp3) is 0.222. The number of nitrogens with one attached hydrogen (secondary N) is 2. The van der Waals surface area contributed by atoms with Gasteiger partial charge in [-0.3, -0.25) is 25.1 Å². The summed E-state index contributed by atoms with van der Waals surface area (Å²) in [4.78, 5) is 34.0. The van der Waals surface area contributed by atoms with E-state index in [4.69, 9.17) is 4.42 Å². The van der Waals surface area contributed by atoms with Gasteiger partial charge in [0.2, 0.25) is 5.91 Å². The standard InChI is InChI=1S/C18H17N3O5/c22-16-10-13(17-2-1-7-26-17)9-14(11-16)19-20-18(23)8-12-3-5-15(6-4-12)21(24)25/h1-7,11,13,19H,8-10H2,(H,20,23)/t13-/m1/s1. The highest BCUT2D eigenvalue weighted by Crippen LogP contribution is 2.30. The maximum absolute atomic E-state index is 12.0. The number of non-ortho nitro benzene ring substituents is 1. The number of rotatable bonds is 6. The van der Waals surface area contributed by atoms with Gasteiger partial charge in [0.15, 0.2) is 5.78 Å². The predicted octanol–water partition coefficient (Wildman–Crippen LogP) is 2.38. The molecule has 1 atom stereocenters. The lowest BCUT2D eigenvalue weighted by atomic mass is 9.89. The third-order valence-electron chi connectivity index (χ3n) is 4.07. The molecule has 0 saturated carbocycles. The van der Waals surface area contributed by atoms with Gasteiger partial charge in [0.05, 0.1) is 17.6 Å². The third kappa shape index (κ3) is 4.35. The van der Waals surface area contributed by atoms with E-state index in [9.17, 15) is 19.7 Å². The average Bonchev–Trinajstić information content (AvgIpc) is 3.15. The van der Waals surface area contributed by atoms with Crippen molar-refractivity contribution < 1.29 is 18.9 Å². The smallest absolute Gasteiger partial charge is 0.269 e. The number of nitro benzene ring substituents is 1. The van der Waals surface area contributed by atoms with Crippen molar-refractivity contribution in [2.45, 2.75) is 25.2 Å². The Morgan fingerprint density at radius 3 is 2.65 bits per heavy atom. The van der Waals surface area contributed by atoms with Crippen LogP contribution in [0.2, 0.25) is 0 Å². The number of benzene rings is 1. The molecule has 0 unspecified atom stereocenters. The van der Waals surface area contributed by atoms with Crippen LogP contribution in [0.3, 0.4) is 0 Å². The van der Waals surface area contributed by atoms with Crippen molar-refractivity contribution in [1.29, 1.82) is 0 Å². The quantitative estimate of drug-likeness (QED) is 0.607. The van der Waals surface area contributed by atoms with Crippen LogP contribution in [0.1, 0.15) is 30.1 Å². The van der Waals surface area contributed by atoms with Crippen LogP contribution in [0.25, 0.3) is 0 Å². The molecule has 1 amide bonds. The Labute approximate surface area is 149 Å². The summed E-state index contributed by atoms with van der Waals surface area (Å²) in [7, 11) is 0. The molecule has 0 aliphatic heterocycles. The Morgan fingerprint density at radius 2 is 2.00 bits per heavy atom. The molecule has 8 nitrogen and oxygen atoms in total. The lowest BCUT2D eigenvalue weighted by Gasteiger charge is -2.21. The van der Waals surface area contributed by atoms with Gasteiger partial charge >= 0.3 is 0 Å². The first-order chi connectivity index (χ1) is 12.5. The van der Waals surface area contributed by atoms with Crippen LogP contribution >= 0.6 is 0 Å². The second-order valence-electron chi connectivity index (χ2n) is 6.03.